The first-order valence-electron chi connectivity index (χ1n) is 7.77. The van der Waals surface area contributed by atoms with Crippen molar-refractivity contribution in [1.82, 2.24) is 0 Å². The van der Waals surface area contributed by atoms with Crippen LogP contribution in [0.5, 0.6) is 5.75 Å². The lowest BCUT2D eigenvalue weighted by atomic mass is 9.79. The fourth-order valence-electron chi connectivity index (χ4n) is 2.93. The Kier molecular flexibility index (Phi) is 6.16. The van der Waals surface area contributed by atoms with Crippen LogP contribution in [0.4, 0.5) is 8.78 Å². The predicted octanol–water partition coefficient (Wildman–Crippen LogP) is 4.17. The maximum absolute atomic E-state index is 12.0. The quantitative estimate of drug-likeness (QED) is 0.740. The summed E-state index contributed by atoms with van der Waals surface area (Å²) in [7, 11) is 0. The standard InChI is InChI=1S/C17H22F2O3/c1-2-21-15-9-7-13(8-10-15)12-3-5-14(6-4-12)17(20)22-11-16(18)19/h7-10,12,14,16H,2-6,11H2,1H3/t12-,14-. The van der Waals surface area contributed by atoms with E-state index >= 15 is 0 Å². The minimum absolute atomic E-state index is 0.238. The summed E-state index contributed by atoms with van der Waals surface area (Å²) >= 11 is 0. The topological polar surface area (TPSA) is 35.5 Å². The molecule has 0 radical (unpaired) electrons. The van der Waals surface area contributed by atoms with Gasteiger partial charge in [-0.1, -0.05) is 12.1 Å². The van der Waals surface area contributed by atoms with Crippen molar-refractivity contribution >= 4 is 5.97 Å². The summed E-state index contributed by atoms with van der Waals surface area (Å²) in [6.07, 6.45) is 0.550. The zero-order valence-corrected chi connectivity index (χ0v) is 12.8. The van der Waals surface area contributed by atoms with Crippen molar-refractivity contribution in [3.05, 3.63) is 29.8 Å². The van der Waals surface area contributed by atoms with Crippen LogP contribution in [0.15, 0.2) is 24.3 Å². The highest BCUT2D eigenvalue weighted by atomic mass is 19.3. The van der Waals surface area contributed by atoms with Crippen molar-refractivity contribution < 1.29 is 23.0 Å². The number of benzene rings is 1. The number of carbonyl (C=O) groups excluding carboxylic acids is 1. The van der Waals surface area contributed by atoms with E-state index in [1.807, 2.05) is 19.1 Å². The zero-order valence-electron chi connectivity index (χ0n) is 12.8. The molecule has 0 spiro atoms. The third kappa shape index (κ3) is 4.68. The van der Waals surface area contributed by atoms with Crippen LogP contribution in [0.25, 0.3) is 0 Å². The first-order valence-corrected chi connectivity index (χ1v) is 7.77. The van der Waals surface area contributed by atoms with Crippen molar-refractivity contribution in [2.45, 2.75) is 45.0 Å². The van der Waals surface area contributed by atoms with E-state index in [4.69, 9.17) is 4.74 Å². The first kappa shape index (κ1) is 16.7. The lowest BCUT2D eigenvalue weighted by Gasteiger charge is -2.27. The Bertz CT molecular complexity index is 465. The van der Waals surface area contributed by atoms with E-state index < -0.39 is 19.0 Å². The summed E-state index contributed by atoms with van der Waals surface area (Å²) in [6, 6.07) is 8.04. The summed E-state index contributed by atoms with van der Waals surface area (Å²) < 4.78 is 34.1. The highest BCUT2D eigenvalue weighted by Crippen LogP contribution is 2.36. The molecular formula is C17H22F2O3. The fraction of sp³-hybridized carbons (Fsp3) is 0.588. The van der Waals surface area contributed by atoms with Gasteiger partial charge in [-0.05, 0) is 56.2 Å². The number of rotatable bonds is 6. The average molecular weight is 312 g/mol. The average Bonchev–Trinajstić information content (AvgIpc) is 2.54. The summed E-state index contributed by atoms with van der Waals surface area (Å²) in [6.45, 7) is 1.80. The van der Waals surface area contributed by atoms with Gasteiger partial charge in [-0.25, -0.2) is 8.78 Å². The number of esters is 1. The Labute approximate surface area is 129 Å². The zero-order chi connectivity index (χ0) is 15.9. The largest absolute Gasteiger partial charge is 0.494 e. The van der Waals surface area contributed by atoms with E-state index in [2.05, 4.69) is 16.9 Å². The third-order valence-electron chi connectivity index (χ3n) is 4.07. The molecule has 1 aromatic rings. The van der Waals surface area contributed by atoms with E-state index in [1.165, 1.54) is 5.56 Å². The number of alkyl halides is 2. The highest BCUT2D eigenvalue weighted by molar-refractivity contribution is 5.72. The molecule has 0 bridgehead atoms. The van der Waals surface area contributed by atoms with Gasteiger partial charge in [0.15, 0.2) is 6.61 Å². The Balaban J connectivity index is 1.82. The van der Waals surface area contributed by atoms with Crippen LogP contribution in [-0.2, 0) is 9.53 Å². The molecule has 1 fully saturated rings. The maximum Gasteiger partial charge on any atom is 0.309 e. The molecule has 122 valence electrons. The van der Waals surface area contributed by atoms with Gasteiger partial charge in [0.2, 0.25) is 0 Å². The molecule has 0 unspecified atom stereocenters. The van der Waals surface area contributed by atoms with E-state index in [9.17, 15) is 13.6 Å². The van der Waals surface area contributed by atoms with Crippen molar-refractivity contribution in [2.24, 2.45) is 5.92 Å². The molecule has 0 aromatic heterocycles. The molecule has 0 heterocycles. The molecule has 0 aliphatic heterocycles. The maximum atomic E-state index is 12.0. The molecule has 5 heteroatoms. The molecule has 3 nitrogen and oxygen atoms in total. The molecule has 1 aromatic carbocycles. The SMILES string of the molecule is CCOc1ccc([C@H]2CC[C@H](C(=O)OCC(F)F)CC2)cc1. The third-order valence-corrected chi connectivity index (χ3v) is 4.07. The van der Waals surface area contributed by atoms with Gasteiger partial charge >= 0.3 is 5.97 Å². The van der Waals surface area contributed by atoms with Crippen molar-refractivity contribution in [1.29, 1.82) is 0 Å². The van der Waals surface area contributed by atoms with Gasteiger partial charge in [0.05, 0.1) is 12.5 Å². The lowest BCUT2D eigenvalue weighted by Crippen LogP contribution is -2.24. The Morgan fingerprint density at radius 2 is 1.82 bits per heavy atom. The van der Waals surface area contributed by atoms with Crippen LogP contribution in [-0.4, -0.2) is 25.6 Å². The van der Waals surface area contributed by atoms with Gasteiger partial charge in [-0.3, -0.25) is 4.79 Å². The Morgan fingerprint density at radius 3 is 2.36 bits per heavy atom. The van der Waals surface area contributed by atoms with Crippen LogP contribution in [0.1, 0.15) is 44.1 Å². The second-order valence-corrected chi connectivity index (χ2v) is 5.57. The lowest BCUT2D eigenvalue weighted by molar-refractivity contribution is -0.153. The summed E-state index contributed by atoms with van der Waals surface area (Å²) in [4.78, 5) is 11.7. The highest BCUT2D eigenvalue weighted by Gasteiger charge is 2.28. The number of hydrogen-bond donors (Lipinski definition) is 0. The second kappa shape index (κ2) is 8.11. The number of halogens is 2. The smallest absolute Gasteiger partial charge is 0.309 e. The summed E-state index contributed by atoms with van der Waals surface area (Å²) in [5.41, 5.74) is 1.24. The van der Waals surface area contributed by atoms with Gasteiger partial charge in [-0.2, -0.15) is 0 Å². The van der Waals surface area contributed by atoms with Crippen molar-refractivity contribution in [3.8, 4) is 5.75 Å². The number of hydrogen-bond acceptors (Lipinski definition) is 3. The van der Waals surface area contributed by atoms with E-state index in [1.54, 1.807) is 0 Å². The Morgan fingerprint density at radius 1 is 1.18 bits per heavy atom. The first-order chi connectivity index (χ1) is 10.6. The van der Waals surface area contributed by atoms with E-state index in [0.29, 0.717) is 25.4 Å². The normalized spacial score (nSPS) is 21.6. The minimum Gasteiger partial charge on any atom is -0.494 e. The Hall–Kier alpha value is -1.65. The van der Waals surface area contributed by atoms with Crippen LogP contribution >= 0.6 is 0 Å². The van der Waals surface area contributed by atoms with Crippen LogP contribution in [0.3, 0.4) is 0 Å². The second-order valence-electron chi connectivity index (χ2n) is 5.57. The van der Waals surface area contributed by atoms with Gasteiger partial charge in [0, 0.05) is 0 Å². The number of carbonyl (C=O) groups is 1. The molecule has 2 rings (SSSR count). The molecule has 1 saturated carbocycles. The van der Waals surface area contributed by atoms with Crippen molar-refractivity contribution in [2.75, 3.05) is 13.2 Å². The van der Waals surface area contributed by atoms with Gasteiger partial charge in [0.1, 0.15) is 5.75 Å². The monoisotopic (exact) mass is 312 g/mol. The van der Waals surface area contributed by atoms with E-state index in [-0.39, 0.29) is 5.92 Å². The fourth-order valence-corrected chi connectivity index (χ4v) is 2.93. The van der Waals surface area contributed by atoms with Crippen LogP contribution in [0, 0.1) is 5.92 Å². The molecule has 0 N–H and O–H groups in total. The molecule has 0 atom stereocenters. The molecule has 1 aliphatic carbocycles. The summed E-state index contributed by atoms with van der Waals surface area (Å²) in [5.74, 6) is 0.550. The van der Waals surface area contributed by atoms with Gasteiger partial charge in [0.25, 0.3) is 6.43 Å². The van der Waals surface area contributed by atoms with Crippen LogP contribution in [0.2, 0.25) is 0 Å². The van der Waals surface area contributed by atoms with E-state index in [0.717, 1.165) is 18.6 Å². The molecule has 1 aliphatic rings. The number of ether oxygens (including phenoxy) is 2. The minimum atomic E-state index is -2.59. The van der Waals surface area contributed by atoms with Gasteiger partial charge in [-0.15, -0.1) is 0 Å². The molecule has 0 amide bonds. The summed E-state index contributed by atoms with van der Waals surface area (Å²) in [5, 5.41) is 0. The van der Waals surface area contributed by atoms with Crippen LogP contribution < -0.4 is 4.74 Å². The molecule has 22 heavy (non-hydrogen) atoms. The molecular weight excluding hydrogens is 290 g/mol. The van der Waals surface area contributed by atoms with Gasteiger partial charge < -0.3 is 9.47 Å². The predicted molar refractivity (Wildman–Crippen MR) is 79.3 cm³/mol. The van der Waals surface area contributed by atoms with Crippen molar-refractivity contribution in [3.63, 3.8) is 0 Å². The molecule has 0 saturated heterocycles.